The molecule has 4 atom stereocenters. The van der Waals surface area contributed by atoms with E-state index in [0.29, 0.717) is 49.7 Å². The van der Waals surface area contributed by atoms with Crippen LogP contribution in [0.4, 0.5) is 0 Å². The van der Waals surface area contributed by atoms with E-state index in [1.165, 1.54) is 0 Å². The maximum atomic E-state index is 12.9. The number of nitrogens with one attached hydrogen (secondary N) is 3. The number of piperidine rings is 1. The highest BCUT2D eigenvalue weighted by atomic mass is 16.5. The molecule has 5 rings (SSSR count). The van der Waals surface area contributed by atoms with Gasteiger partial charge in [0.05, 0.1) is 12.7 Å². The third-order valence-electron chi connectivity index (χ3n) is 6.44. The summed E-state index contributed by atoms with van der Waals surface area (Å²) in [5.41, 5.74) is 2.71. The highest BCUT2D eigenvalue weighted by Crippen LogP contribution is 2.30. The number of carbonyl (C=O) groups is 3. The van der Waals surface area contributed by atoms with E-state index in [2.05, 4.69) is 16.0 Å². The summed E-state index contributed by atoms with van der Waals surface area (Å²) >= 11 is 0. The zero-order valence-electron chi connectivity index (χ0n) is 15.6. The molecule has 4 aliphatic heterocycles. The fourth-order valence-electron chi connectivity index (χ4n) is 4.88. The highest BCUT2D eigenvalue weighted by molar-refractivity contribution is 6.05. The van der Waals surface area contributed by atoms with E-state index in [1.807, 2.05) is 18.2 Å². The Balaban J connectivity index is 1.31. The Morgan fingerprint density at radius 1 is 1.21 bits per heavy atom. The van der Waals surface area contributed by atoms with Crippen LogP contribution in [0.5, 0.6) is 0 Å². The van der Waals surface area contributed by atoms with Gasteiger partial charge in [-0.25, -0.2) is 0 Å². The number of hydrogen-bond donors (Lipinski definition) is 3. The van der Waals surface area contributed by atoms with Crippen LogP contribution in [0.1, 0.15) is 34.3 Å². The number of imide groups is 1. The van der Waals surface area contributed by atoms with Crippen LogP contribution in [0, 0.1) is 5.92 Å². The summed E-state index contributed by atoms with van der Waals surface area (Å²) in [5, 5.41) is 9.32. The summed E-state index contributed by atoms with van der Waals surface area (Å²) < 4.78 is 5.85. The molecule has 3 fully saturated rings. The number of hydrogen-bond acceptors (Lipinski definition) is 6. The maximum Gasteiger partial charge on any atom is 0.255 e. The minimum Gasteiger partial charge on any atom is -0.375 e. The second-order valence-corrected chi connectivity index (χ2v) is 8.02. The third-order valence-corrected chi connectivity index (χ3v) is 6.44. The van der Waals surface area contributed by atoms with Crippen molar-refractivity contribution in [3.8, 4) is 0 Å². The van der Waals surface area contributed by atoms with Crippen LogP contribution in [0.15, 0.2) is 18.2 Å². The summed E-state index contributed by atoms with van der Waals surface area (Å²) in [4.78, 5) is 38.1. The molecular weight excluding hydrogens is 360 g/mol. The molecule has 4 aliphatic rings. The number of carbonyl (C=O) groups excluding carboxylic acids is 3. The van der Waals surface area contributed by atoms with Crippen LogP contribution >= 0.6 is 0 Å². The van der Waals surface area contributed by atoms with Crippen LogP contribution in [-0.4, -0.2) is 60.5 Å². The van der Waals surface area contributed by atoms with E-state index in [9.17, 15) is 14.4 Å². The van der Waals surface area contributed by atoms with E-state index in [1.54, 1.807) is 4.90 Å². The van der Waals surface area contributed by atoms with E-state index >= 15 is 0 Å². The molecule has 1 aromatic rings. The van der Waals surface area contributed by atoms with Gasteiger partial charge in [0.25, 0.3) is 5.91 Å². The van der Waals surface area contributed by atoms with Gasteiger partial charge in [0.2, 0.25) is 11.8 Å². The van der Waals surface area contributed by atoms with Gasteiger partial charge in [-0.1, -0.05) is 12.1 Å². The van der Waals surface area contributed by atoms with Crippen LogP contribution in [-0.2, 0) is 27.4 Å². The zero-order valence-corrected chi connectivity index (χ0v) is 15.6. The highest BCUT2D eigenvalue weighted by Gasteiger charge is 2.41. The number of amides is 3. The van der Waals surface area contributed by atoms with Crippen LogP contribution in [0.25, 0.3) is 0 Å². The van der Waals surface area contributed by atoms with Gasteiger partial charge in [-0.15, -0.1) is 0 Å². The number of fused-ring (bicyclic) bond motifs is 2. The smallest absolute Gasteiger partial charge is 0.255 e. The Bertz CT molecular complexity index is 841. The van der Waals surface area contributed by atoms with Gasteiger partial charge in [-0.05, 0) is 23.6 Å². The normalized spacial score (nSPS) is 31.9. The molecule has 28 heavy (non-hydrogen) atoms. The van der Waals surface area contributed by atoms with Crippen molar-refractivity contribution in [3.05, 3.63) is 34.9 Å². The predicted octanol–water partition coefficient (Wildman–Crippen LogP) is -0.476. The van der Waals surface area contributed by atoms with E-state index in [4.69, 9.17) is 4.74 Å². The first-order chi connectivity index (χ1) is 13.6. The predicted molar refractivity (Wildman–Crippen MR) is 99.2 cm³/mol. The van der Waals surface area contributed by atoms with Crippen molar-refractivity contribution in [2.24, 2.45) is 5.92 Å². The van der Waals surface area contributed by atoms with Crippen molar-refractivity contribution >= 4 is 17.7 Å². The van der Waals surface area contributed by atoms with E-state index in [0.717, 1.165) is 24.2 Å². The quantitative estimate of drug-likeness (QED) is 0.607. The molecular formula is C20H24N4O4. The van der Waals surface area contributed by atoms with Crippen molar-refractivity contribution in [3.63, 3.8) is 0 Å². The van der Waals surface area contributed by atoms with Crippen molar-refractivity contribution < 1.29 is 19.1 Å². The summed E-state index contributed by atoms with van der Waals surface area (Å²) in [5.74, 6) is -0.289. The van der Waals surface area contributed by atoms with Gasteiger partial charge >= 0.3 is 0 Å². The summed E-state index contributed by atoms with van der Waals surface area (Å²) in [6.07, 6.45) is 0.944. The molecule has 4 heterocycles. The first-order valence-electron chi connectivity index (χ1n) is 9.93. The topological polar surface area (TPSA) is 99.8 Å². The molecule has 0 aliphatic carbocycles. The second kappa shape index (κ2) is 6.95. The van der Waals surface area contributed by atoms with Gasteiger partial charge < -0.3 is 20.3 Å². The molecule has 148 valence electrons. The van der Waals surface area contributed by atoms with Crippen LogP contribution < -0.4 is 16.0 Å². The number of ether oxygens (including phenoxy) is 1. The molecule has 8 nitrogen and oxygen atoms in total. The van der Waals surface area contributed by atoms with Gasteiger partial charge in [0, 0.05) is 50.1 Å². The van der Waals surface area contributed by atoms with Crippen molar-refractivity contribution in [1.29, 1.82) is 0 Å². The molecule has 3 amide bonds. The van der Waals surface area contributed by atoms with Crippen molar-refractivity contribution in [1.82, 2.24) is 20.9 Å². The average molecular weight is 384 g/mol. The van der Waals surface area contributed by atoms with Gasteiger partial charge in [0.1, 0.15) is 6.04 Å². The Morgan fingerprint density at radius 3 is 2.96 bits per heavy atom. The Labute approximate surface area is 163 Å². The molecule has 0 bridgehead atoms. The molecule has 3 N–H and O–H groups in total. The monoisotopic (exact) mass is 384 g/mol. The molecule has 3 saturated heterocycles. The van der Waals surface area contributed by atoms with E-state index < -0.39 is 6.04 Å². The molecule has 1 unspecified atom stereocenters. The second-order valence-electron chi connectivity index (χ2n) is 8.02. The van der Waals surface area contributed by atoms with Crippen molar-refractivity contribution in [2.75, 3.05) is 19.7 Å². The molecule has 1 aromatic carbocycles. The lowest BCUT2D eigenvalue weighted by Crippen LogP contribution is -2.52. The molecule has 8 heteroatoms. The van der Waals surface area contributed by atoms with Gasteiger partial charge in [0.15, 0.2) is 0 Å². The lowest BCUT2D eigenvalue weighted by molar-refractivity contribution is -0.136. The maximum absolute atomic E-state index is 12.9. The first-order valence-corrected chi connectivity index (χ1v) is 9.93. The van der Waals surface area contributed by atoms with Gasteiger partial charge in [-0.2, -0.15) is 0 Å². The molecule has 0 saturated carbocycles. The van der Waals surface area contributed by atoms with Gasteiger partial charge in [-0.3, -0.25) is 19.7 Å². The minimum absolute atomic E-state index is 0.129. The zero-order chi connectivity index (χ0) is 19.3. The Hall–Kier alpha value is -2.29. The largest absolute Gasteiger partial charge is 0.375 e. The Morgan fingerprint density at radius 2 is 2.11 bits per heavy atom. The summed E-state index contributed by atoms with van der Waals surface area (Å²) in [7, 11) is 0. The van der Waals surface area contributed by atoms with Crippen LogP contribution in [0.2, 0.25) is 0 Å². The summed E-state index contributed by atoms with van der Waals surface area (Å²) in [6, 6.07) is 5.48. The van der Waals surface area contributed by atoms with E-state index in [-0.39, 0.29) is 24.1 Å². The molecule has 0 radical (unpaired) electrons. The first kappa shape index (κ1) is 17.8. The summed E-state index contributed by atoms with van der Waals surface area (Å²) in [6.45, 7) is 3.67. The number of rotatable bonds is 4. The van der Waals surface area contributed by atoms with Crippen LogP contribution in [0.3, 0.4) is 0 Å². The minimum atomic E-state index is -0.577. The lowest BCUT2D eigenvalue weighted by Gasteiger charge is -2.29. The molecule has 0 aromatic heterocycles. The fourth-order valence-corrected chi connectivity index (χ4v) is 4.88. The number of nitrogens with zero attached hydrogens (tertiary/aromatic N) is 1. The Kier molecular flexibility index (Phi) is 4.41. The number of benzene rings is 1. The lowest BCUT2D eigenvalue weighted by atomic mass is 9.99. The fraction of sp³-hybridized carbons (Fsp3) is 0.550. The SMILES string of the molecule is O=C1CCC(N2Cc3c(CN[C@@H]4CO[C@@H]5CNC[C@H]45)cccc3C2=O)C(=O)N1. The van der Waals surface area contributed by atoms with Crippen molar-refractivity contribution in [2.45, 2.75) is 44.1 Å². The molecule has 0 spiro atoms. The average Bonchev–Trinajstić information content (AvgIpc) is 3.36. The third kappa shape index (κ3) is 2.92. The standard InChI is InChI=1S/C20H24N4O4/c25-18-5-4-16(19(26)23-18)24-9-14-11(2-1-3-12(14)20(24)27)6-22-15-10-28-17-8-21-7-13(15)17/h1-3,13,15-17,21-22H,4-10H2,(H,23,25,26)/t13-,15-,16?,17-/m1/s1.